The van der Waals surface area contributed by atoms with Crippen LogP contribution in [0.15, 0.2) is 30.3 Å². The molecule has 0 aromatic heterocycles. The van der Waals surface area contributed by atoms with Crippen LogP contribution in [0.4, 0.5) is 5.69 Å². The average molecular weight is 234 g/mol. The van der Waals surface area contributed by atoms with Crippen molar-refractivity contribution in [2.45, 2.75) is 0 Å². The normalized spacial score (nSPS) is 10.4. The number of nitrogens with two attached hydrogens (primary N) is 1. The lowest BCUT2D eigenvalue weighted by Gasteiger charge is -2.17. The molecule has 0 heterocycles. The fraction of sp³-hybridized carbons (Fsp3) is 0.167. The Morgan fingerprint density at radius 1 is 1.35 bits per heavy atom. The van der Waals surface area contributed by atoms with Gasteiger partial charge in [0, 0.05) is 18.8 Å². The Hall–Kier alpha value is -2.30. The Labute approximate surface area is 99.1 Å². The fourth-order valence-electron chi connectivity index (χ4n) is 1.33. The Morgan fingerprint density at radius 2 is 1.94 bits per heavy atom. The van der Waals surface area contributed by atoms with Crippen LogP contribution in [0.25, 0.3) is 6.08 Å². The fourth-order valence-corrected chi connectivity index (χ4v) is 1.33. The van der Waals surface area contributed by atoms with Crippen LogP contribution >= 0.6 is 0 Å². The van der Waals surface area contributed by atoms with E-state index in [0.29, 0.717) is 0 Å². The maximum atomic E-state index is 10.7. The third-order valence-corrected chi connectivity index (χ3v) is 2.15. The molecule has 1 aromatic carbocycles. The van der Waals surface area contributed by atoms with E-state index >= 15 is 0 Å². The SMILES string of the molecule is CN(CC(N)=O)c1ccc(/C=C/C(=O)O)cc1. The number of aliphatic carboxylic acids is 1. The van der Waals surface area contributed by atoms with Crippen LogP contribution in [0.5, 0.6) is 0 Å². The van der Waals surface area contributed by atoms with Gasteiger partial charge in [0.25, 0.3) is 0 Å². The number of hydrogen-bond donors (Lipinski definition) is 2. The standard InChI is InChI=1S/C12H14N2O3/c1-14(8-11(13)15)10-5-2-9(3-6-10)4-7-12(16)17/h2-7H,8H2,1H3,(H2,13,15)(H,16,17)/b7-4+. The minimum atomic E-state index is -0.986. The van der Waals surface area contributed by atoms with Crippen molar-refractivity contribution in [2.75, 3.05) is 18.5 Å². The second kappa shape index (κ2) is 5.69. The Morgan fingerprint density at radius 3 is 2.41 bits per heavy atom. The van der Waals surface area contributed by atoms with E-state index in [2.05, 4.69) is 0 Å². The molecule has 0 aliphatic carbocycles. The molecule has 0 unspecified atom stereocenters. The van der Waals surface area contributed by atoms with Gasteiger partial charge in [0.15, 0.2) is 0 Å². The Kier molecular flexibility index (Phi) is 4.28. The van der Waals surface area contributed by atoms with Crippen molar-refractivity contribution in [3.05, 3.63) is 35.9 Å². The lowest BCUT2D eigenvalue weighted by molar-refractivity contribution is -0.131. The molecule has 1 amide bonds. The number of primary amides is 1. The maximum Gasteiger partial charge on any atom is 0.328 e. The molecule has 90 valence electrons. The number of carboxylic acids is 1. The number of carbonyl (C=O) groups excluding carboxylic acids is 1. The highest BCUT2D eigenvalue weighted by molar-refractivity contribution is 5.85. The van der Waals surface area contributed by atoms with E-state index in [-0.39, 0.29) is 6.54 Å². The minimum absolute atomic E-state index is 0.143. The zero-order valence-electron chi connectivity index (χ0n) is 9.46. The molecule has 1 aromatic rings. The summed E-state index contributed by atoms with van der Waals surface area (Å²) in [5.74, 6) is -1.39. The largest absolute Gasteiger partial charge is 0.478 e. The summed E-state index contributed by atoms with van der Waals surface area (Å²) in [7, 11) is 1.76. The van der Waals surface area contributed by atoms with Crippen molar-refractivity contribution >= 4 is 23.6 Å². The molecule has 0 fully saturated rings. The van der Waals surface area contributed by atoms with Crippen molar-refractivity contribution in [2.24, 2.45) is 5.73 Å². The van der Waals surface area contributed by atoms with Crippen LogP contribution in [0.2, 0.25) is 0 Å². The van der Waals surface area contributed by atoms with E-state index in [1.807, 2.05) is 0 Å². The van der Waals surface area contributed by atoms with Crippen molar-refractivity contribution < 1.29 is 14.7 Å². The number of benzene rings is 1. The minimum Gasteiger partial charge on any atom is -0.478 e. The predicted molar refractivity (Wildman–Crippen MR) is 65.6 cm³/mol. The molecule has 0 aliphatic heterocycles. The number of anilines is 1. The van der Waals surface area contributed by atoms with Gasteiger partial charge in [-0.05, 0) is 23.8 Å². The molecule has 3 N–H and O–H groups in total. The van der Waals surface area contributed by atoms with E-state index in [1.54, 1.807) is 36.2 Å². The lowest BCUT2D eigenvalue weighted by atomic mass is 10.2. The summed E-state index contributed by atoms with van der Waals surface area (Å²) in [5.41, 5.74) is 6.71. The van der Waals surface area contributed by atoms with Crippen LogP contribution in [-0.2, 0) is 9.59 Å². The number of rotatable bonds is 5. The summed E-state index contributed by atoms with van der Waals surface area (Å²) < 4.78 is 0. The summed E-state index contributed by atoms with van der Waals surface area (Å²) in [6.45, 7) is 0.143. The van der Waals surface area contributed by atoms with Crippen LogP contribution in [0, 0.1) is 0 Å². The quantitative estimate of drug-likeness (QED) is 0.735. The van der Waals surface area contributed by atoms with Gasteiger partial charge in [-0.15, -0.1) is 0 Å². The number of carbonyl (C=O) groups is 2. The van der Waals surface area contributed by atoms with Crippen LogP contribution < -0.4 is 10.6 Å². The van der Waals surface area contributed by atoms with Crippen molar-refractivity contribution in [3.63, 3.8) is 0 Å². The molecule has 5 nitrogen and oxygen atoms in total. The second-order valence-corrected chi connectivity index (χ2v) is 3.59. The van der Waals surface area contributed by atoms with Gasteiger partial charge in [0.1, 0.15) is 0 Å². The lowest BCUT2D eigenvalue weighted by Crippen LogP contribution is -2.30. The number of amides is 1. The first-order valence-corrected chi connectivity index (χ1v) is 4.99. The number of carboxylic acid groups (broad SMARTS) is 1. The molecule has 0 atom stereocenters. The highest BCUT2D eigenvalue weighted by Gasteiger charge is 2.03. The van der Waals surface area contributed by atoms with Gasteiger partial charge in [-0.3, -0.25) is 4.79 Å². The van der Waals surface area contributed by atoms with Gasteiger partial charge >= 0.3 is 5.97 Å². The molecule has 0 aliphatic rings. The predicted octanol–water partition coefficient (Wildman–Crippen LogP) is 0.706. The third kappa shape index (κ3) is 4.38. The van der Waals surface area contributed by atoms with Gasteiger partial charge in [0.2, 0.25) is 5.91 Å². The molecule has 5 heteroatoms. The molecule has 0 radical (unpaired) electrons. The van der Waals surface area contributed by atoms with Crippen molar-refractivity contribution in [1.82, 2.24) is 0 Å². The van der Waals surface area contributed by atoms with E-state index in [9.17, 15) is 9.59 Å². The van der Waals surface area contributed by atoms with Crippen molar-refractivity contribution in [1.29, 1.82) is 0 Å². The van der Waals surface area contributed by atoms with E-state index in [0.717, 1.165) is 17.3 Å². The van der Waals surface area contributed by atoms with Crippen LogP contribution in [-0.4, -0.2) is 30.6 Å². The first kappa shape index (κ1) is 12.8. The molecular weight excluding hydrogens is 220 g/mol. The summed E-state index contributed by atoms with van der Waals surface area (Å²) in [5, 5.41) is 8.47. The highest BCUT2D eigenvalue weighted by atomic mass is 16.4. The molecular formula is C12H14N2O3. The molecule has 17 heavy (non-hydrogen) atoms. The Balaban J connectivity index is 2.74. The first-order valence-electron chi connectivity index (χ1n) is 4.99. The molecule has 0 spiro atoms. The highest BCUT2D eigenvalue weighted by Crippen LogP contribution is 2.14. The van der Waals surface area contributed by atoms with E-state index < -0.39 is 11.9 Å². The third-order valence-electron chi connectivity index (χ3n) is 2.15. The number of likely N-dealkylation sites (N-methyl/N-ethyl adjacent to an activating group) is 1. The van der Waals surface area contributed by atoms with E-state index in [4.69, 9.17) is 10.8 Å². The topological polar surface area (TPSA) is 83.6 Å². The zero-order valence-corrected chi connectivity index (χ0v) is 9.46. The second-order valence-electron chi connectivity index (χ2n) is 3.59. The van der Waals surface area contributed by atoms with Gasteiger partial charge in [-0.25, -0.2) is 4.79 Å². The molecule has 1 rings (SSSR count). The van der Waals surface area contributed by atoms with Crippen LogP contribution in [0.3, 0.4) is 0 Å². The van der Waals surface area contributed by atoms with E-state index in [1.165, 1.54) is 6.08 Å². The smallest absolute Gasteiger partial charge is 0.328 e. The van der Waals surface area contributed by atoms with Gasteiger partial charge in [-0.2, -0.15) is 0 Å². The summed E-state index contributed by atoms with van der Waals surface area (Å²) in [6, 6.07) is 7.13. The number of hydrogen-bond acceptors (Lipinski definition) is 3. The van der Waals surface area contributed by atoms with Crippen LogP contribution in [0.1, 0.15) is 5.56 Å². The molecule has 0 saturated carbocycles. The van der Waals surface area contributed by atoms with Gasteiger partial charge in [0.05, 0.1) is 6.54 Å². The zero-order chi connectivity index (χ0) is 12.8. The van der Waals surface area contributed by atoms with Crippen molar-refractivity contribution in [3.8, 4) is 0 Å². The summed E-state index contributed by atoms with van der Waals surface area (Å²) in [6.07, 6.45) is 2.57. The summed E-state index contributed by atoms with van der Waals surface area (Å²) in [4.78, 5) is 22.8. The number of nitrogens with zero attached hydrogens (tertiary/aromatic N) is 1. The monoisotopic (exact) mass is 234 g/mol. The van der Waals surface area contributed by atoms with Gasteiger partial charge < -0.3 is 15.7 Å². The maximum absolute atomic E-state index is 10.7. The van der Waals surface area contributed by atoms with Gasteiger partial charge in [-0.1, -0.05) is 12.1 Å². The molecule has 0 bridgehead atoms. The molecule has 0 saturated heterocycles. The first-order chi connectivity index (χ1) is 7.99. The average Bonchev–Trinajstić information content (AvgIpc) is 2.26. The Bertz CT molecular complexity index is 438. The summed E-state index contributed by atoms with van der Waals surface area (Å²) >= 11 is 0.